The van der Waals surface area contributed by atoms with Crippen molar-refractivity contribution < 1.29 is 35.9 Å². The van der Waals surface area contributed by atoms with Crippen LogP contribution in [0.2, 0.25) is 0 Å². The molecule has 0 aliphatic heterocycles. The Morgan fingerprint density at radius 1 is 0.878 bits per heavy atom. The Kier molecular flexibility index (Phi) is 7.90. The highest BCUT2D eigenvalue weighted by Crippen LogP contribution is 2.38. The van der Waals surface area contributed by atoms with Gasteiger partial charge in [-0.2, -0.15) is 26.3 Å². The van der Waals surface area contributed by atoms with Crippen LogP contribution in [0.15, 0.2) is 85.3 Å². The third kappa shape index (κ3) is 6.62. The summed E-state index contributed by atoms with van der Waals surface area (Å²) < 4.78 is 87.3. The number of hydrogen-bond donors (Lipinski definition) is 1. The largest absolute Gasteiger partial charge is 0.416 e. The molecule has 1 aliphatic carbocycles. The van der Waals surface area contributed by atoms with Crippen molar-refractivity contribution in [3.05, 3.63) is 108 Å². The van der Waals surface area contributed by atoms with Crippen LogP contribution in [0.3, 0.4) is 0 Å². The molecular weight excluding hydrogens is 548 g/mol. The van der Waals surface area contributed by atoms with Gasteiger partial charge in [0.25, 0.3) is 5.91 Å². The van der Waals surface area contributed by atoms with E-state index in [0.29, 0.717) is 24.4 Å². The molecule has 1 N–H and O–H groups in total. The molecule has 1 fully saturated rings. The van der Waals surface area contributed by atoms with Crippen LogP contribution in [0, 0.1) is 0 Å². The third-order valence-electron chi connectivity index (χ3n) is 7.01. The van der Waals surface area contributed by atoms with Crippen LogP contribution in [0.5, 0.6) is 0 Å². The van der Waals surface area contributed by atoms with Gasteiger partial charge in [0.05, 0.1) is 42.4 Å². The molecule has 0 bridgehead atoms. The summed E-state index contributed by atoms with van der Waals surface area (Å²) in [5.74, 6) is -0.375. The highest BCUT2D eigenvalue weighted by Gasteiger charge is 2.37. The number of amides is 1. The van der Waals surface area contributed by atoms with Crippen LogP contribution in [0.4, 0.5) is 26.3 Å². The molecule has 0 spiro atoms. The van der Waals surface area contributed by atoms with Crippen LogP contribution >= 0.6 is 0 Å². The third-order valence-corrected chi connectivity index (χ3v) is 7.01. The maximum absolute atomic E-state index is 13.3. The molecule has 0 saturated heterocycles. The lowest BCUT2D eigenvalue weighted by Crippen LogP contribution is -2.41. The first-order valence-electron chi connectivity index (χ1n) is 12.9. The fourth-order valence-corrected chi connectivity index (χ4v) is 4.92. The van der Waals surface area contributed by atoms with Gasteiger partial charge in [0.15, 0.2) is 0 Å². The molecule has 4 aromatic rings. The van der Waals surface area contributed by atoms with Gasteiger partial charge in [-0.05, 0) is 66.3 Å². The minimum Gasteiger partial charge on any atom is -0.371 e. The van der Waals surface area contributed by atoms with Gasteiger partial charge >= 0.3 is 12.4 Å². The maximum atomic E-state index is 13.3. The van der Waals surface area contributed by atoms with Gasteiger partial charge < -0.3 is 10.1 Å². The number of aromatic nitrogens is 2. The van der Waals surface area contributed by atoms with Crippen molar-refractivity contribution in [2.75, 3.05) is 0 Å². The number of imidazole rings is 1. The second-order valence-electron chi connectivity index (χ2n) is 9.84. The molecule has 5 nitrogen and oxygen atoms in total. The van der Waals surface area contributed by atoms with Crippen molar-refractivity contribution in [3.63, 3.8) is 0 Å². The number of carbonyl (C=O) groups excluding carboxylic acids is 1. The van der Waals surface area contributed by atoms with Gasteiger partial charge in [0.2, 0.25) is 0 Å². The van der Waals surface area contributed by atoms with Gasteiger partial charge in [-0.25, -0.2) is 4.98 Å². The first-order chi connectivity index (χ1) is 19.5. The molecular formula is C30H25F6N3O2. The Morgan fingerprint density at radius 2 is 1.54 bits per heavy atom. The fraction of sp³-hybridized carbons (Fsp3) is 0.267. The highest BCUT2D eigenvalue weighted by atomic mass is 19.4. The Hall–Kier alpha value is -4.12. The summed E-state index contributed by atoms with van der Waals surface area (Å²) in [4.78, 5) is 17.3. The smallest absolute Gasteiger partial charge is 0.371 e. The van der Waals surface area contributed by atoms with E-state index in [-0.39, 0.29) is 40.9 Å². The second kappa shape index (κ2) is 11.4. The molecule has 1 aromatic heterocycles. The van der Waals surface area contributed by atoms with E-state index in [1.165, 1.54) is 41.4 Å². The number of benzene rings is 3. The zero-order chi connectivity index (χ0) is 29.2. The average Bonchev–Trinajstić information content (AvgIpc) is 3.61. The minimum atomic E-state index is -4.94. The predicted molar refractivity (Wildman–Crippen MR) is 139 cm³/mol. The molecule has 11 heteroatoms. The molecule has 0 radical (unpaired) electrons. The molecule has 0 unspecified atom stereocenters. The highest BCUT2D eigenvalue weighted by molar-refractivity contribution is 5.93. The number of hydrogen-bond acceptors (Lipinski definition) is 3. The summed E-state index contributed by atoms with van der Waals surface area (Å²) in [6.07, 6.45) is -4.77. The number of alkyl halides is 6. The number of nitrogens with zero attached hydrogens (tertiary/aromatic N) is 2. The predicted octanol–water partition coefficient (Wildman–Crippen LogP) is 7.44. The molecule has 1 aliphatic rings. The standard InChI is InChI=1S/C30H25F6N3O2/c31-29(32,33)22-13-21(14-23(15-22)30(34,35)36)20-9-11-24(12-10-20)39-18-37-16-26(39)28(40)38-25-7-4-8-27(25)41-17-19-5-2-1-3-6-19/h1-3,5-6,9-16,18,25,27H,4,7-8,17H2,(H,38,40)/t25-,27-/m0/s1. The quantitative estimate of drug-likeness (QED) is 0.234. The summed E-state index contributed by atoms with van der Waals surface area (Å²) in [7, 11) is 0. The van der Waals surface area contributed by atoms with E-state index in [4.69, 9.17) is 4.74 Å². The number of ether oxygens (including phenoxy) is 1. The zero-order valence-electron chi connectivity index (χ0n) is 21.5. The Morgan fingerprint density at radius 3 is 2.17 bits per heavy atom. The van der Waals surface area contributed by atoms with E-state index < -0.39 is 23.5 Å². The lowest BCUT2D eigenvalue weighted by atomic mass is 9.99. The first-order valence-corrected chi connectivity index (χ1v) is 12.9. The first kappa shape index (κ1) is 28.4. The Bertz CT molecular complexity index is 1470. The van der Waals surface area contributed by atoms with Crippen molar-refractivity contribution >= 4 is 5.91 Å². The zero-order valence-corrected chi connectivity index (χ0v) is 21.5. The van der Waals surface area contributed by atoms with E-state index in [2.05, 4.69) is 10.3 Å². The molecule has 214 valence electrons. The van der Waals surface area contributed by atoms with Crippen molar-refractivity contribution in [2.45, 2.75) is 50.4 Å². The van der Waals surface area contributed by atoms with Crippen molar-refractivity contribution in [1.29, 1.82) is 0 Å². The van der Waals surface area contributed by atoms with Gasteiger partial charge in [0.1, 0.15) is 5.69 Å². The van der Waals surface area contributed by atoms with Crippen LogP contribution in [0.1, 0.15) is 46.4 Å². The lowest BCUT2D eigenvalue weighted by molar-refractivity contribution is -0.143. The summed E-state index contributed by atoms with van der Waals surface area (Å²) in [5, 5.41) is 3.02. The van der Waals surface area contributed by atoms with E-state index in [9.17, 15) is 31.1 Å². The maximum Gasteiger partial charge on any atom is 0.416 e. The van der Waals surface area contributed by atoms with Crippen molar-refractivity contribution in [2.24, 2.45) is 0 Å². The van der Waals surface area contributed by atoms with Crippen LogP contribution in [0.25, 0.3) is 16.8 Å². The number of rotatable bonds is 7. The average molecular weight is 574 g/mol. The topological polar surface area (TPSA) is 56.1 Å². The second-order valence-corrected chi connectivity index (χ2v) is 9.84. The minimum absolute atomic E-state index is 0.0931. The SMILES string of the molecule is O=C(N[C@H]1CCC[C@@H]1OCc1ccccc1)c1cncn1-c1ccc(-c2cc(C(F)(F)F)cc(C(F)(F)F)c2)cc1. The summed E-state index contributed by atoms with van der Waals surface area (Å²) in [5.41, 5.74) is -1.14. The summed E-state index contributed by atoms with van der Waals surface area (Å²) in [6.45, 7) is 0.429. The van der Waals surface area contributed by atoms with E-state index in [0.717, 1.165) is 24.8 Å². The van der Waals surface area contributed by atoms with Crippen LogP contribution in [-0.4, -0.2) is 27.6 Å². The number of nitrogens with one attached hydrogen (secondary N) is 1. The van der Waals surface area contributed by atoms with Gasteiger partial charge in [-0.15, -0.1) is 0 Å². The summed E-state index contributed by atoms with van der Waals surface area (Å²) in [6, 6.07) is 16.8. The number of carbonyl (C=O) groups is 1. The molecule has 1 amide bonds. The monoisotopic (exact) mass is 573 g/mol. The fourth-order valence-electron chi connectivity index (χ4n) is 4.92. The molecule has 5 rings (SSSR count). The number of halogens is 6. The van der Waals surface area contributed by atoms with E-state index in [1.54, 1.807) is 0 Å². The Balaban J connectivity index is 1.32. The van der Waals surface area contributed by atoms with Crippen molar-refractivity contribution in [1.82, 2.24) is 14.9 Å². The van der Waals surface area contributed by atoms with E-state index >= 15 is 0 Å². The molecule has 3 aromatic carbocycles. The van der Waals surface area contributed by atoms with Crippen molar-refractivity contribution in [3.8, 4) is 16.8 Å². The van der Waals surface area contributed by atoms with Gasteiger partial charge in [0, 0.05) is 5.69 Å². The van der Waals surface area contributed by atoms with Gasteiger partial charge in [-0.1, -0.05) is 42.5 Å². The Labute approximate surface area is 231 Å². The molecule has 1 heterocycles. The van der Waals surface area contributed by atoms with Crippen LogP contribution < -0.4 is 5.32 Å². The van der Waals surface area contributed by atoms with Crippen LogP contribution in [-0.2, 0) is 23.7 Å². The lowest BCUT2D eigenvalue weighted by Gasteiger charge is -2.22. The molecule has 2 atom stereocenters. The normalized spacial score (nSPS) is 17.5. The summed E-state index contributed by atoms with van der Waals surface area (Å²) >= 11 is 0. The molecule has 41 heavy (non-hydrogen) atoms. The molecule has 1 saturated carbocycles. The van der Waals surface area contributed by atoms with Gasteiger partial charge in [-0.3, -0.25) is 9.36 Å². The van der Waals surface area contributed by atoms with E-state index in [1.807, 2.05) is 30.3 Å².